The normalized spacial score (nSPS) is 11.2. The Bertz CT molecular complexity index is 635. The van der Waals surface area contributed by atoms with Crippen LogP contribution in [0.3, 0.4) is 0 Å². The first kappa shape index (κ1) is 13.7. The van der Waals surface area contributed by atoms with E-state index < -0.39 is 0 Å². The van der Waals surface area contributed by atoms with Gasteiger partial charge in [-0.05, 0) is 31.5 Å². The van der Waals surface area contributed by atoms with Gasteiger partial charge in [0.25, 0.3) is 0 Å². The van der Waals surface area contributed by atoms with Gasteiger partial charge in [-0.2, -0.15) is 0 Å². The third kappa shape index (κ3) is 2.98. The molecule has 7 heteroatoms. The quantitative estimate of drug-likeness (QED) is 0.665. The molecule has 3 N–H and O–H groups in total. The Labute approximate surface area is 114 Å². The van der Waals surface area contributed by atoms with Crippen LogP contribution in [0, 0.1) is 5.82 Å². The average molecular weight is 282 g/mol. The van der Waals surface area contributed by atoms with Crippen molar-refractivity contribution in [3.05, 3.63) is 40.1 Å². The molecule has 0 unspecified atom stereocenters. The van der Waals surface area contributed by atoms with Crippen molar-refractivity contribution >= 4 is 17.4 Å². The Kier molecular flexibility index (Phi) is 3.94. The first-order valence-corrected chi connectivity index (χ1v) is 6.81. The van der Waals surface area contributed by atoms with Crippen LogP contribution in [-0.2, 0) is 5.75 Å². The zero-order valence-corrected chi connectivity index (χ0v) is 11.5. The first-order valence-electron chi connectivity index (χ1n) is 5.82. The van der Waals surface area contributed by atoms with E-state index in [0.29, 0.717) is 22.2 Å². The molecule has 0 amide bonds. The summed E-state index contributed by atoms with van der Waals surface area (Å²) in [7, 11) is 0. The number of benzene rings is 1. The Hall–Kier alpha value is -1.76. The molecule has 102 valence electrons. The summed E-state index contributed by atoms with van der Waals surface area (Å²) in [5.74, 6) is 0.0461. The first-order chi connectivity index (χ1) is 8.99. The third-order valence-corrected chi connectivity index (χ3v) is 3.62. The lowest BCUT2D eigenvalue weighted by atomic mass is 10.2. The number of rotatable bonds is 4. The van der Waals surface area contributed by atoms with Crippen molar-refractivity contribution < 1.29 is 4.39 Å². The summed E-state index contributed by atoms with van der Waals surface area (Å²) in [4.78, 5) is 11.5. The van der Waals surface area contributed by atoms with Crippen molar-refractivity contribution in [2.75, 3.05) is 5.73 Å². The monoisotopic (exact) mass is 282 g/mol. The molecule has 19 heavy (non-hydrogen) atoms. The van der Waals surface area contributed by atoms with Crippen molar-refractivity contribution in [1.82, 2.24) is 14.8 Å². The summed E-state index contributed by atoms with van der Waals surface area (Å²) in [5.41, 5.74) is 6.16. The predicted molar refractivity (Wildman–Crippen MR) is 73.6 cm³/mol. The average Bonchev–Trinajstić information content (AvgIpc) is 2.69. The van der Waals surface area contributed by atoms with Crippen LogP contribution in [0.15, 0.2) is 28.2 Å². The van der Waals surface area contributed by atoms with E-state index in [1.165, 1.54) is 17.8 Å². The van der Waals surface area contributed by atoms with Crippen LogP contribution in [0.5, 0.6) is 0 Å². The van der Waals surface area contributed by atoms with E-state index in [2.05, 4.69) is 10.2 Å². The minimum atomic E-state index is -0.346. The molecule has 2 rings (SSSR count). The summed E-state index contributed by atoms with van der Waals surface area (Å²) in [5, 5.41) is 6.89. The van der Waals surface area contributed by atoms with Gasteiger partial charge in [0, 0.05) is 17.5 Å². The van der Waals surface area contributed by atoms with Crippen LogP contribution < -0.4 is 11.4 Å². The van der Waals surface area contributed by atoms with Crippen LogP contribution in [0.4, 0.5) is 10.1 Å². The van der Waals surface area contributed by atoms with Crippen molar-refractivity contribution in [2.24, 2.45) is 0 Å². The molecule has 5 nitrogen and oxygen atoms in total. The number of thioether (sulfide) groups is 1. The summed E-state index contributed by atoms with van der Waals surface area (Å²) >= 11 is 1.31. The smallest absolute Gasteiger partial charge is 0.344 e. The summed E-state index contributed by atoms with van der Waals surface area (Å²) in [6, 6.07) is 4.59. The highest BCUT2D eigenvalue weighted by Gasteiger charge is 2.12. The maximum Gasteiger partial charge on any atom is 0.344 e. The fourth-order valence-electron chi connectivity index (χ4n) is 1.67. The van der Waals surface area contributed by atoms with Crippen molar-refractivity contribution in [2.45, 2.75) is 30.8 Å². The minimum Gasteiger partial charge on any atom is -0.399 e. The number of nitrogens with zero attached hydrogens (tertiary/aromatic N) is 2. The SMILES string of the molecule is CC(C)n1c(SCc2ccc(N)cc2F)n[nH]c1=O. The number of hydrogen-bond acceptors (Lipinski definition) is 4. The van der Waals surface area contributed by atoms with E-state index in [-0.39, 0.29) is 17.5 Å². The predicted octanol–water partition coefficient (Wildman–Crippen LogP) is 2.17. The molecule has 0 aliphatic heterocycles. The van der Waals surface area contributed by atoms with E-state index in [4.69, 9.17) is 5.73 Å². The highest BCUT2D eigenvalue weighted by molar-refractivity contribution is 7.98. The lowest BCUT2D eigenvalue weighted by Crippen LogP contribution is -2.19. The Morgan fingerprint density at radius 1 is 1.53 bits per heavy atom. The van der Waals surface area contributed by atoms with Gasteiger partial charge >= 0.3 is 5.69 Å². The molecule has 1 heterocycles. The van der Waals surface area contributed by atoms with Gasteiger partial charge in [0.1, 0.15) is 5.82 Å². The van der Waals surface area contributed by atoms with Gasteiger partial charge < -0.3 is 5.73 Å². The van der Waals surface area contributed by atoms with Gasteiger partial charge in [0.2, 0.25) is 0 Å². The number of aromatic nitrogens is 3. The largest absolute Gasteiger partial charge is 0.399 e. The van der Waals surface area contributed by atoms with Crippen LogP contribution in [0.2, 0.25) is 0 Å². The van der Waals surface area contributed by atoms with Gasteiger partial charge in [-0.1, -0.05) is 17.8 Å². The summed E-state index contributed by atoms with van der Waals surface area (Å²) < 4.78 is 15.2. The summed E-state index contributed by atoms with van der Waals surface area (Å²) in [6.45, 7) is 3.79. The van der Waals surface area contributed by atoms with Crippen LogP contribution in [-0.4, -0.2) is 14.8 Å². The number of aromatic amines is 1. The molecule has 0 radical (unpaired) electrons. The minimum absolute atomic E-state index is 0.00464. The second-order valence-electron chi connectivity index (χ2n) is 4.41. The van der Waals surface area contributed by atoms with Gasteiger partial charge in [-0.15, -0.1) is 5.10 Å². The molecule has 0 saturated heterocycles. The fourth-order valence-corrected chi connectivity index (χ4v) is 2.73. The van der Waals surface area contributed by atoms with E-state index in [1.54, 1.807) is 16.7 Å². The molecule has 0 bridgehead atoms. The molecule has 0 atom stereocenters. The molecule has 1 aromatic carbocycles. The van der Waals surface area contributed by atoms with E-state index in [9.17, 15) is 9.18 Å². The lowest BCUT2D eigenvalue weighted by Gasteiger charge is -2.08. The maximum absolute atomic E-state index is 13.6. The zero-order valence-electron chi connectivity index (χ0n) is 10.7. The molecule has 2 aromatic rings. The number of anilines is 1. The topological polar surface area (TPSA) is 76.7 Å². The highest BCUT2D eigenvalue weighted by Crippen LogP contribution is 2.24. The molecular weight excluding hydrogens is 267 g/mol. The van der Waals surface area contributed by atoms with Crippen LogP contribution in [0.1, 0.15) is 25.5 Å². The molecule has 0 aliphatic rings. The summed E-state index contributed by atoms with van der Waals surface area (Å²) in [6.07, 6.45) is 0. The molecule has 0 aliphatic carbocycles. The third-order valence-electron chi connectivity index (χ3n) is 2.62. The van der Waals surface area contributed by atoms with Crippen molar-refractivity contribution in [1.29, 1.82) is 0 Å². The molecule has 0 fully saturated rings. The van der Waals surface area contributed by atoms with Gasteiger partial charge in [-0.3, -0.25) is 4.57 Å². The van der Waals surface area contributed by atoms with E-state index >= 15 is 0 Å². The number of hydrogen-bond donors (Lipinski definition) is 2. The molecule has 0 spiro atoms. The molecule has 0 saturated carbocycles. The van der Waals surface area contributed by atoms with Crippen LogP contribution >= 0.6 is 11.8 Å². The Morgan fingerprint density at radius 3 is 2.89 bits per heavy atom. The lowest BCUT2D eigenvalue weighted by molar-refractivity contribution is 0.534. The van der Waals surface area contributed by atoms with Gasteiger partial charge in [-0.25, -0.2) is 14.3 Å². The number of nitrogens with two attached hydrogens (primary N) is 1. The van der Waals surface area contributed by atoms with Crippen molar-refractivity contribution in [3.63, 3.8) is 0 Å². The van der Waals surface area contributed by atoms with Gasteiger partial charge in [0.15, 0.2) is 5.16 Å². The van der Waals surface area contributed by atoms with Crippen LogP contribution in [0.25, 0.3) is 0 Å². The second kappa shape index (κ2) is 5.48. The number of halogens is 1. The fraction of sp³-hybridized carbons (Fsp3) is 0.333. The standard InChI is InChI=1S/C12H15FN4OS/c1-7(2)17-11(18)15-16-12(17)19-6-8-3-4-9(14)5-10(8)13/h3-5,7H,6,14H2,1-2H3,(H,15,18). The molecular formula is C12H15FN4OS. The Morgan fingerprint density at radius 2 is 2.26 bits per heavy atom. The number of nitrogen functional groups attached to an aromatic ring is 1. The maximum atomic E-state index is 13.6. The number of H-pyrrole nitrogens is 1. The van der Waals surface area contributed by atoms with Crippen molar-refractivity contribution in [3.8, 4) is 0 Å². The number of nitrogens with one attached hydrogen (secondary N) is 1. The second-order valence-corrected chi connectivity index (χ2v) is 5.36. The van der Waals surface area contributed by atoms with Gasteiger partial charge in [0.05, 0.1) is 0 Å². The van der Waals surface area contributed by atoms with E-state index in [1.807, 2.05) is 13.8 Å². The zero-order chi connectivity index (χ0) is 14.0. The molecule has 1 aromatic heterocycles. The Balaban J connectivity index is 2.17. The highest BCUT2D eigenvalue weighted by atomic mass is 32.2. The van der Waals surface area contributed by atoms with E-state index in [0.717, 1.165) is 0 Å².